The van der Waals surface area contributed by atoms with E-state index in [1.165, 1.54) is 41.4 Å². The van der Waals surface area contributed by atoms with E-state index in [4.69, 9.17) is 0 Å². The van der Waals surface area contributed by atoms with Gasteiger partial charge in [0.15, 0.2) is 0 Å². The van der Waals surface area contributed by atoms with Crippen LogP contribution in [0.2, 0.25) is 0 Å². The molecule has 2 nitrogen and oxygen atoms in total. The molecule has 1 heterocycles. The highest BCUT2D eigenvalue weighted by Crippen LogP contribution is 2.24. The first kappa shape index (κ1) is 13.3. The summed E-state index contributed by atoms with van der Waals surface area (Å²) in [5.41, 5.74) is 0.853. The lowest BCUT2D eigenvalue weighted by molar-refractivity contribution is 0.0718. The molecule has 1 amide bonds. The number of thiophene rings is 1. The predicted octanol–water partition coefficient (Wildman–Crippen LogP) is 4.15. The summed E-state index contributed by atoms with van der Waals surface area (Å²) < 4.78 is 1.18. The number of hydrogen-bond donors (Lipinski definition) is 0. The van der Waals surface area contributed by atoms with Gasteiger partial charge >= 0.3 is 0 Å². The quantitative estimate of drug-likeness (QED) is 0.571. The summed E-state index contributed by atoms with van der Waals surface area (Å²) >= 11 is 3.91. The van der Waals surface area contributed by atoms with E-state index in [2.05, 4.69) is 22.6 Å². The molecule has 0 radical (unpaired) electrons. The van der Waals surface area contributed by atoms with Gasteiger partial charge in [-0.15, -0.1) is 11.3 Å². The molecule has 0 aromatic carbocycles. The summed E-state index contributed by atoms with van der Waals surface area (Å²) in [5, 5.41) is 1.97. The first-order chi connectivity index (χ1) is 8.18. The third kappa shape index (κ3) is 3.44. The molecule has 1 aromatic rings. The molecule has 17 heavy (non-hydrogen) atoms. The Morgan fingerprint density at radius 3 is 2.53 bits per heavy atom. The molecule has 94 valence electrons. The van der Waals surface area contributed by atoms with Gasteiger partial charge in [-0.05, 0) is 41.5 Å². The lowest BCUT2D eigenvalue weighted by Gasteiger charge is -2.26. The Balaban J connectivity index is 2.03. The molecule has 4 heteroatoms. The molecule has 0 atom stereocenters. The van der Waals surface area contributed by atoms with Gasteiger partial charge in [-0.1, -0.05) is 25.7 Å². The van der Waals surface area contributed by atoms with Crippen molar-refractivity contribution in [1.82, 2.24) is 4.90 Å². The van der Waals surface area contributed by atoms with Crippen LogP contribution < -0.4 is 0 Å². The highest BCUT2D eigenvalue weighted by atomic mass is 127. The van der Waals surface area contributed by atoms with E-state index in [0.717, 1.165) is 5.56 Å². The fraction of sp³-hybridized carbons (Fsp3) is 0.615. The Bertz CT molecular complexity index is 383. The number of hydrogen-bond acceptors (Lipinski definition) is 2. The lowest BCUT2D eigenvalue weighted by Crippen LogP contribution is -2.36. The van der Waals surface area contributed by atoms with Crippen molar-refractivity contribution in [3.8, 4) is 0 Å². The SMILES string of the molecule is CN(C(=O)c1csc(I)c1)C1CCCCCC1. The first-order valence-corrected chi connectivity index (χ1v) is 8.15. The number of carbonyl (C=O) groups is 1. The predicted molar refractivity (Wildman–Crippen MR) is 80.6 cm³/mol. The highest BCUT2D eigenvalue weighted by Gasteiger charge is 2.22. The van der Waals surface area contributed by atoms with Gasteiger partial charge in [0, 0.05) is 18.5 Å². The number of rotatable bonds is 2. The molecule has 1 fully saturated rings. The topological polar surface area (TPSA) is 20.3 Å². The molecule has 1 saturated carbocycles. The van der Waals surface area contributed by atoms with Crippen molar-refractivity contribution < 1.29 is 4.79 Å². The van der Waals surface area contributed by atoms with E-state index in [9.17, 15) is 4.79 Å². The molecular formula is C13H18INOS. The van der Waals surface area contributed by atoms with Gasteiger partial charge in [-0.2, -0.15) is 0 Å². The van der Waals surface area contributed by atoms with Crippen molar-refractivity contribution in [1.29, 1.82) is 0 Å². The Hall–Kier alpha value is -0.100. The van der Waals surface area contributed by atoms with Gasteiger partial charge in [0.05, 0.1) is 8.45 Å². The third-order valence-electron chi connectivity index (χ3n) is 3.51. The standard InChI is InChI=1S/C13H18INOS/c1-15(11-6-4-2-3-5-7-11)13(16)10-8-12(14)17-9-10/h8-9,11H,2-7H2,1H3. The van der Waals surface area contributed by atoms with Crippen LogP contribution in [0.5, 0.6) is 0 Å². The van der Waals surface area contributed by atoms with Crippen molar-refractivity contribution in [2.75, 3.05) is 7.05 Å². The van der Waals surface area contributed by atoms with E-state index in [1.807, 2.05) is 23.4 Å². The Morgan fingerprint density at radius 1 is 1.35 bits per heavy atom. The fourth-order valence-corrected chi connectivity index (χ4v) is 3.76. The van der Waals surface area contributed by atoms with Gasteiger partial charge in [-0.25, -0.2) is 0 Å². The van der Waals surface area contributed by atoms with Crippen LogP contribution >= 0.6 is 33.9 Å². The molecule has 0 spiro atoms. The van der Waals surface area contributed by atoms with E-state index >= 15 is 0 Å². The van der Waals surface area contributed by atoms with Crippen LogP contribution in [0.25, 0.3) is 0 Å². The Labute approximate surface area is 121 Å². The van der Waals surface area contributed by atoms with Crippen LogP contribution in [-0.4, -0.2) is 23.9 Å². The normalized spacial score (nSPS) is 17.8. The summed E-state index contributed by atoms with van der Waals surface area (Å²) in [7, 11) is 1.96. The molecule has 0 unspecified atom stereocenters. The van der Waals surface area contributed by atoms with Crippen molar-refractivity contribution >= 4 is 39.8 Å². The van der Waals surface area contributed by atoms with Crippen molar-refractivity contribution in [2.24, 2.45) is 0 Å². The van der Waals surface area contributed by atoms with Crippen LogP contribution in [0, 0.1) is 2.88 Å². The van der Waals surface area contributed by atoms with Crippen molar-refractivity contribution in [3.63, 3.8) is 0 Å². The average Bonchev–Trinajstić information content (AvgIpc) is 2.60. The minimum absolute atomic E-state index is 0.191. The molecule has 2 rings (SSSR count). The van der Waals surface area contributed by atoms with Crippen LogP contribution in [0.4, 0.5) is 0 Å². The van der Waals surface area contributed by atoms with Gasteiger partial charge in [0.25, 0.3) is 5.91 Å². The second-order valence-electron chi connectivity index (χ2n) is 4.70. The van der Waals surface area contributed by atoms with Crippen molar-refractivity contribution in [3.05, 3.63) is 19.9 Å². The van der Waals surface area contributed by atoms with Crippen LogP contribution in [0.3, 0.4) is 0 Å². The smallest absolute Gasteiger partial charge is 0.254 e. The monoisotopic (exact) mass is 363 g/mol. The van der Waals surface area contributed by atoms with E-state index in [-0.39, 0.29) is 5.91 Å². The summed E-state index contributed by atoms with van der Waals surface area (Å²) in [5.74, 6) is 0.191. The third-order valence-corrected chi connectivity index (χ3v) is 5.30. The van der Waals surface area contributed by atoms with Gasteiger partial charge in [0.2, 0.25) is 0 Å². The number of carbonyl (C=O) groups excluding carboxylic acids is 1. The number of amides is 1. The zero-order valence-corrected chi connectivity index (χ0v) is 13.1. The maximum Gasteiger partial charge on any atom is 0.254 e. The Kier molecular flexibility index (Phi) is 4.85. The summed E-state index contributed by atoms with van der Waals surface area (Å²) in [6.45, 7) is 0. The fourth-order valence-electron chi connectivity index (χ4n) is 2.44. The average molecular weight is 363 g/mol. The molecule has 1 aliphatic carbocycles. The zero-order valence-electron chi connectivity index (χ0n) is 10.1. The van der Waals surface area contributed by atoms with Crippen LogP contribution in [0.15, 0.2) is 11.4 Å². The van der Waals surface area contributed by atoms with Crippen LogP contribution in [0.1, 0.15) is 48.9 Å². The van der Waals surface area contributed by atoms with E-state index in [1.54, 1.807) is 11.3 Å². The second-order valence-corrected chi connectivity index (χ2v) is 7.51. The minimum Gasteiger partial charge on any atom is -0.339 e. The minimum atomic E-state index is 0.191. The number of nitrogens with zero attached hydrogens (tertiary/aromatic N) is 1. The van der Waals surface area contributed by atoms with E-state index < -0.39 is 0 Å². The summed E-state index contributed by atoms with van der Waals surface area (Å²) in [4.78, 5) is 14.3. The maximum atomic E-state index is 12.3. The van der Waals surface area contributed by atoms with Gasteiger partial charge in [0.1, 0.15) is 0 Å². The second kappa shape index (κ2) is 6.18. The van der Waals surface area contributed by atoms with Gasteiger partial charge in [-0.3, -0.25) is 4.79 Å². The van der Waals surface area contributed by atoms with E-state index in [0.29, 0.717) is 6.04 Å². The molecule has 1 aliphatic rings. The maximum absolute atomic E-state index is 12.3. The molecular weight excluding hydrogens is 345 g/mol. The van der Waals surface area contributed by atoms with Crippen molar-refractivity contribution in [2.45, 2.75) is 44.6 Å². The first-order valence-electron chi connectivity index (χ1n) is 6.19. The zero-order chi connectivity index (χ0) is 12.3. The molecule has 1 aromatic heterocycles. The molecule has 0 aliphatic heterocycles. The van der Waals surface area contributed by atoms with Crippen LogP contribution in [-0.2, 0) is 0 Å². The highest BCUT2D eigenvalue weighted by molar-refractivity contribution is 14.1. The lowest BCUT2D eigenvalue weighted by atomic mass is 10.1. The molecule has 0 bridgehead atoms. The van der Waals surface area contributed by atoms with Gasteiger partial charge < -0.3 is 4.90 Å². The largest absolute Gasteiger partial charge is 0.339 e. The summed E-state index contributed by atoms with van der Waals surface area (Å²) in [6.07, 6.45) is 7.53. The molecule has 0 saturated heterocycles. The summed E-state index contributed by atoms with van der Waals surface area (Å²) in [6, 6.07) is 2.43. The Morgan fingerprint density at radius 2 is 2.00 bits per heavy atom. The number of halogens is 1. The molecule has 0 N–H and O–H groups in total.